The molecule has 0 saturated carbocycles. The fourth-order valence-corrected chi connectivity index (χ4v) is 4.09. The summed E-state index contributed by atoms with van der Waals surface area (Å²) in [5, 5.41) is 2.97. The van der Waals surface area contributed by atoms with Crippen LogP contribution in [0.15, 0.2) is 54.6 Å². The number of hydrogen-bond donors (Lipinski definition) is 1. The van der Waals surface area contributed by atoms with E-state index in [1.54, 1.807) is 12.1 Å². The third-order valence-electron chi connectivity index (χ3n) is 5.98. The highest BCUT2D eigenvalue weighted by molar-refractivity contribution is 5.95. The molecule has 0 aliphatic rings. The Balaban J connectivity index is 1.52. The summed E-state index contributed by atoms with van der Waals surface area (Å²) >= 11 is 0. The standard InChI is InChI=1S/C28H31N3O5/c1-18-10-11-19(2)23(14-18)36-13-12-31-22-9-7-6-8-21(22)30-26(31)17-29-28(32)20-15-24(33-3)27(35-5)25(16-20)34-4/h6-11,14-16H,12-13,17H2,1-5H3,(H,29,32). The molecule has 0 saturated heterocycles. The number of ether oxygens (including phenoxy) is 4. The number of benzene rings is 3. The van der Waals surface area contributed by atoms with E-state index in [4.69, 9.17) is 23.9 Å². The number of nitrogens with zero attached hydrogens (tertiary/aromatic N) is 2. The number of fused-ring (bicyclic) bond motifs is 1. The van der Waals surface area contributed by atoms with Crippen LogP contribution in [0.5, 0.6) is 23.0 Å². The molecule has 0 aliphatic heterocycles. The molecule has 0 aliphatic carbocycles. The van der Waals surface area contributed by atoms with Gasteiger partial charge in [-0.3, -0.25) is 4.79 Å². The van der Waals surface area contributed by atoms with E-state index in [-0.39, 0.29) is 12.5 Å². The van der Waals surface area contributed by atoms with E-state index in [1.807, 2.05) is 44.2 Å². The van der Waals surface area contributed by atoms with E-state index >= 15 is 0 Å². The second kappa shape index (κ2) is 11.0. The summed E-state index contributed by atoms with van der Waals surface area (Å²) in [4.78, 5) is 17.8. The fourth-order valence-electron chi connectivity index (χ4n) is 4.09. The minimum atomic E-state index is -0.278. The monoisotopic (exact) mass is 489 g/mol. The Morgan fingerprint density at radius 2 is 1.64 bits per heavy atom. The van der Waals surface area contributed by atoms with Crippen LogP contribution in [-0.4, -0.2) is 43.4 Å². The van der Waals surface area contributed by atoms with E-state index in [2.05, 4.69) is 22.0 Å². The van der Waals surface area contributed by atoms with E-state index < -0.39 is 0 Å². The molecule has 0 unspecified atom stereocenters. The first-order valence-electron chi connectivity index (χ1n) is 11.7. The number of para-hydroxylation sites is 2. The number of amides is 1. The van der Waals surface area contributed by atoms with E-state index in [0.717, 1.165) is 33.7 Å². The largest absolute Gasteiger partial charge is 0.493 e. The van der Waals surface area contributed by atoms with Crippen LogP contribution in [0.1, 0.15) is 27.3 Å². The molecule has 1 heterocycles. The lowest BCUT2D eigenvalue weighted by Gasteiger charge is -2.15. The third kappa shape index (κ3) is 5.22. The van der Waals surface area contributed by atoms with Gasteiger partial charge >= 0.3 is 0 Å². The molecule has 188 valence electrons. The van der Waals surface area contributed by atoms with Crippen molar-refractivity contribution in [3.05, 3.63) is 77.1 Å². The van der Waals surface area contributed by atoms with Gasteiger partial charge in [-0.05, 0) is 55.3 Å². The number of methoxy groups -OCH3 is 3. The number of nitrogens with one attached hydrogen (secondary N) is 1. The number of imidazole rings is 1. The van der Waals surface area contributed by atoms with E-state index in [1.165, 1.54) is 21.3 Å². The quantitative estimate of drug-likeness (QED) is 0.348. The smallest absolute Gasteiger partial charge is 0.251 e. The predicted molar refractivity (Wildman–Crippen MR) is 138 cm³/mol. The van der Waals surface area contributed by atoms with Crippen LogP contribution in [0.4, 0.5) is 0 Å². The number of carbonyl (C=O) groups is 1. The lowest BCUT2D eigenvalue weighted by Crippen LogP contribution is -2.25. The first-order valence-corrected chi connectivity index (χ1v) is 11.7. The van der Waals surface area contributed by atoms with E-state index in [9.17, 15) is 4.79 Å². The summed E-state index contributed by atoms with van der Waals surface area (Å²) in [5.41, 5.74) is 4.48. The lowest BCUT2D eigenvalue weighted by atomic mass is 10.1. The summed E-state index contributed by atoms with van der Waals surface area (Å²) in [5.74, 6) is 2.59. The van der Waals surface area contributed by atoms with Gasteiger partial charge in [-0.25, -0.2) is 4.98 Å². The zero-order chi connectivity index (χ0) is 25.7. The predicted octanol–water partition coefficient (Wildman–Crippen LogP) is 4.69. The Labute approximate surface area is 210 Å². The lowest BCUT2D eigenvalue weighted by molar-refractivity contribution is 0.0948. The van der Waals surface area contributed by atoms with Gasteiger partial charge in [0, 0.05) is 5.56 Å². The highest BCUT2D eigenvalue weighted by atomic mass is 16.5. The molecule has 8 nitrogen and oxygen atoms in total. The van der Waals surface area contributed by atoms with Crippen molar-refractivity contribution in [1.82, 2.24) is 14.9 Å². The van der Waals surface area contributed by atoms with Crippen molar-refractivity contribution >= 4 is 16.9 Å². The van der Waals surface area contributed by atoms with Gasteiger partial charge < -0.3 is 28.8 Å². The van der Waals surface area contributed by atoms with Crippen LogP contribution in [-0.2, 0) is 13.1 Å². The van der Waals surface area contributed by atoms with Crippen LogP contribution in [0.2, 0.25) is 0 Å². The minimum absolute atomic E-state index is 0.244. The summed E-state index contributed by atoms with van der Waals surface area (Å²) in [6.45, 7) is 5.38. The summed E-state index contributed by atoms with van der Waals surface area (Å²) in [6.07, 6.45) is 0. The zero-order valence-corrected chi connectivity index (χ0v) is 21.3. The molecule has 1 N–H and O–H groups in total. The molecule has 8 heteroatoms. The van der Waals surface area contributed by atoms with Gasteiger partial charge in [-0.15, -0.1) is 0 Å². The number of aromatic nitrogens is 2. The van der Waals surface area contributed by atoms with Crippen LogP contribution < -0.4 is 24.3 Å². The molecule has 0 spiro atoms. The number of hydrogen-bond acceptors (Lipinski definition) is 6. The van der Waals surface area contributed by atoms with Crippen LogP contribution in [0.3, 0.4) is 0 Å². The molecule has 3 aromatic carbocycles. The fraction of sp³-hybridized carbons (Fsp3) is 0.286. The summed E-state index contributed by atoms with van der Waals surface area (Å²) < 4.78 is 24.3. The van der Waals surface area contributed by atoms with Crippen molar-refractivity contribution in [2.24, 2.45) is 0 Å². The maximum atomic E-state index is 13.0. The average Bonchev–Trinajstić information content (AvgIpc) is 3.25. The second-order valence-electron chi connectivity index (χ2n) is 8.38. The molecule has 0 atom stereocenters. The van der Waals surface area contributed by atoms with Crippen molar-refractivity contribution in [2.45, 2.75) is 26.9 Å². The van der Waals surface area contributed by atoms with Gasteiger partial charge in [0.1, 0.15) is 18.2 Å². The maximum absolute atomic E-state index is 13.0. The highest BCUT2D eigenvalue weighted by Gasteiger charge is 2.18. The SMILES string of the molecule is COc1cc(C(=O)NCc2nc3ccccc3n2CCOc2cc(C)ccc2C)cc(OC)c1OC. The number of carbonyl (C=O) groups excluding carboxylic acids is 1. The normalized spacial score (nSPS) is 10.8. The Kier molecular flexibility index (Phi) is 7.63. The molecule has 0 fully saturated rings. The van der Waals surface area contributed by atoms with Crippen LogP contribution in [0, 0.1) is 13.8 Å². The average molecular weight is 490 g/mol. The van der Waals surface area contributed by atoms with Crippen molar-refractivity contribution in [3.63, 3.8) is 0 Å². The van der Waals surface area contributed by atoms with Gasteiger partial charge in [-0.1, -0.05) is 24.3 Å². The molecule has 1 aromatic heterocycles. The van der Waals surface area contributed by atoms with E-state index in [0.29, 0.717) is 36.0 Å². The van der Waals surface area contributed by atoms with Crippen LogP contribution in [0.25, 0.3) is 11.0 Å². The summed E-state index contributed by atoms with van der Waals surface area (Å²) in [6, 6.07) is 17.3. The van der Waals surface area contributed by atoms with Gasteiger partial charge in [0.25, 0.3) is 5.91 Å². The maximum Gasteiger partial charge on any atom is 0.251 e. The molecule has 4 aromatic rings. The molecule has 36 heavy (non-hydrogen) atoms. The summed E-state index contributed by atoms with van der Waals surface area (Å²) in [7, 11) is 4.55. The Bertz CT molecular complexity index is 1350. The molecule has 1 amide bonds. The van der Waals surface area contributed by atoms with Crippen molar-refractivity contribution < 1.29 is 23.7 Å². The number of aryl methyl sites for hydroxylation is 2. The topological polar surface area (TPSA) is 83.8 Å². The minimum Gasteiger partial charge on any atom is -0.493 e. The Hall–Kier alpha value is -4.20. The first-order chi connectivity index (χ1) is 17.4. The van der Waals surface area contributed by atoms with Gasteiger partial charge in [0.05, 0.1) is 45.5 Å². The van der Waals surface area contributed by atoms with Crippen molar-refractivity contribution in [1.29, 1.82) is 0 Å². The third-order valence-corrected chi connectivity index (χ3v) is 5.98. The van der Waals surface area contributed by atoms with Crippen LogP contribution >= 0.6 is 0 Å². The van der Waals surface area contributed by atoms with Gasteiger partial charge in [0.15, 0.2) is 11.5 Å². The van der Waals surface area contributed by atoms with Crippen molar-refractivity contribution in [3.8, 4) is 23.0 Å². The van der Waals surface area contributed by atoms with Gasteiger partial charge in [-0.2, -0.15) is 0 Å². The Morgan fingerprint density at radius 1 is 0.917 bits per heavy atom. The highest BCUT2D eigenvalue weighted by Crippen LogP contribution is 2.38. The number of rotatable bonds is 10. The molecule has 4 rings (SSSR count). The molecular weight excluding hydrogens is 458 g/mol. The molecular formula is C28H31N3O5. The first kappa shape index (κ1) is 24.9. The van der Waals surface area contributed by atoms with Gasteiger partial charge in [0.2, 0.25) is 5.75 Å². The zero-order valence-electron chi connectivity index (χ0n) is 21.3. The van der Waals surface area contributed by atoms with Crippen molar-refractivity contribution in [2.75, 3.05) is 27.9 Å². The molecule has 0 radical (unpaired) electrons. The Morgan fingerprint density at radius 3 is 2.33 bits per heavy atom. The second-order valence-corrected chi connectivity index (χ2v) is 8.38. The molecule has 0 bridgehead atoms.